The van der Waals surface area contributed by atoms with Gasteiger partial charge >= 0.3 is 0 Å². The average molecular weight is 294 g/mol. The van der Waals surface area contributed by atoms with E-state index in [1.807, 2.05) is 0 Å². The molecule has 122 valence electrons. The molecular formula is C18H34N2O. The van der Waals surface area contributed by atoms with Crippen LogP contribution in [0.4, 0.5) is 0 Å². The first kappa shape index (κ1) is 15.8. The van der Waals surface area contributed by atoms with Gasteiger partial charge in [0.1, 0.15) is 0 Å². The highest BCUT2D eigenvalue weighted by Crippen LogP contribution is 2.48. The van der Waals surface area contributed by atoms with Gasteiger partial charge in [-0.2, -0.15) is 0 Å². The van der Waals surface area contributed by atoms with Gasteiger partial charge in [0.15, 0.2) is 0 Å². The monoisotopic (exact) mass is 294 g/mol. The summed E-state index contributed by atoms with van der Waals surface area (Å²) in [5.41, 5.74) is 0. The minimum Gasteiger partial charge on any atom is -0.381 e. The molecule has 1 saturated heterocycles. The third kappa shape index (κ3) is 4.00. The van der Waals surface area contributed by atoms with Crippen LogP contribution < -0.4 is 5.32 Å². The highest BCUT2D eigenvalue weighted by molar-refractivity contribution is 4.91. The van der Waals surface area contributed by atoms with Gasteiger partial charge in [0.05, 0.1) is 6.61 Å². The molecule has 5 atom stereocenters. The number of nitrogens with zero attached hydrogens (tertiary/aromatic N) is 1. The number of nitrogens with one attached hydrogen (secondary N) is 1. The van der Waals surface area contributed by atoms with Crippen molar-refractivity contribution in [1.29, 1.82) is 0 Å². The summed E-state index contributed by atoms with van der Waals surface area (Å²) < 4.78 is 5.61. The molecule has 3 rings (SSSR count). The summed E-state index contributed by atoms with van der Waals surface area (Å²) in [7, 11) is 2.34. The fourth-order valence-electron chi connectivity index (χ4n) is 4.99. The number of likely N-dealkylation sites (N-methyl/N-ethyl adjacent to an activating group) is 1. The molecule has 3 fully saturated rings. The molecule has 1 heterocycles. The molecule has 1 aliphatic heterocycles. The quantitative estimate of drug-likeness (QED) is 0.745. The highest BCUT2D eigenvalue weighted by atomic mass is 16.5. The van der Waals surface area contributed by atoms with Gasteiger partial charge in [0.25, 0.3) is 0 Å². The number of ether oxygens (including phenoxy) is 1. The Bertz CT molecular complexity index is 316. The lowest BCUT2D eigenvalue weighted by Crippen LogP contribution is -2.46. The Kier molecular flexibility index (Phi) is 5.58. The van der Waals surface area contributed by atoms with Gasteiger partial charge in [-0.3, -0.25) is 0 Å². The van der Waals surface area contributed by atoms with Crippen molar-refractivity contribution in [3.63, 3.8) is 0 Å². The predicted octanol–water partition coefficient (Wildman–Crippen LogP) is 2.76. The van der Waals surface area contributed by atoms with E-state index in [0.717, 1.165) is 43.4 Å². The van der Waals surface area contributed by atoms with Crippen LogP contribution in [0.5, 0.6) is 0 Å². The molecule has 0 aromatic carbocycles. The highest BCUT2D eigenvalue weighted by Gasteiger charge is 2.39. The fourth-order valence-corrected chi connectivity index (χ4v) is 4.99. The van der Waals surface area contributed by atoms with Crippen molar-refractivity contribution in [2.75, 3.05) is 39.9 Å². The first-order chi connectivity index (χ1) is 10.3. The van der Waals surface area contributed by atoms with Crippen LogP contribution in [0.3, 0.4) is 0 Å². The molecule has 21 heavy (non-hydrogen) atoms. The van der Waals surface area contributed by atoms with E-state index in [-0.39, 0.29) is 0 Å². The number of fused-ring (bicyclic) bond motifs is 2. The molecule has 0 radical (unpaired) electrons. The van der Waals surface area contributed by atoms with Gasteiger partial charge in [-0.25, -0.2) is 0 Å². The second-order valence-corrected chi connectivity index (χ2v) is 7.84. The van der Waals surface area contributed by atoms with Gasteiger partial charge in [0, 0.05) is 31.7 Å². The molecule has 0 amide bonds. The molecule has 1 N–H and O–H groups in total. The summed E-state index contributed by atoms with van der Waals surface area (Å²) in [5.74, 6) is 3.83. The van der Waals surface area contributed by atoms with Crippen LogP contribution >= 0.6 is 0 Å². The van der Waals surface area contributed by atoms with Crippen LogP contribution in [0.2, 0.25) is 0 Å². The smallest absolute Gasteiger partial charge is 0.0510 e. The lowest BCUT2D eigenvalue weighted by atomic mass is 9.88. The van der Waals surface area contributed by atoms with E-state index in [2.05, 4.69) is 24.2 Å². The maximum Gasteiger partial charge on any atom is 0.0510 e. The van der Waals surface area contributed by atoms with Crippen LogP contribution in [-0.4, -0.2) is 50.8 Å². The molecule has 2 saturated carbocycles. The first-order valence-corrected chi connectivity index (χ1v) is 9.26. The molecule has 3 heteroatoms. The molecule has 2 aliphatic carbocycles. The molecule has 0 spiro atoms. The van der Waals surface area contributed by atoms with E-state index in [4.69, 9.17) is 4.74 Å². The van der Waals surface area contributed by atoms with Crippen molar-refractivity contribution < 1.29 is 4.74 Å². The van der Waals surface area contributed by atoms with Crippen LogP contribution in [0.25, 0.3) is 0 Å². The molecule has 5 unspecified atom stereocenters. The van der Waals surface area contributed by atoms with Gasteiger partial charge in [-0.15, -0.1) is 0 Å². The Labute approximate surface area is 130 Å². The van der Waals surface area contributed by atoms with E-state index in [0.29, 0.717) is 6.04 Å². The van der Waals surface area contributed by atoms with Crippen molar-refractivity contribution in [2.45, 2.75) is 51.5 Å². The van der Waals surface area contributed by atoms with Gasteiger partial charge in [0.2, 0.25) is 0 Å². The molecule has 0 aromatic heterocycles. The van der Waals surface area contributed by atoms with Crippen LogP contribution in [0.15, 0.2) is 0 Å². The Balaban J connectivity index is 1.47. The minimum atomic E-state index is 0.621. The maximum atomic E-state index is 5.61. The summed E-state index contributed by atoms with van der Waals surface area (Å²) in [5, 5.41) is 3.78. The van der Waals surface area contributed by atoms with Crippen molar-refractivity contribution in [2.24, 2.45) is 23.7 Å². The summed E-state index contributed by atoms with van der Waals surface area (Å²) in [4.78, 5) is 2.61. The van der Waals surface area contributed by atoms with Crippen molar-refractivity contribution >= 4 is 0 Å². The van der Waals surface area contributed by atoms with Crippen molar-refractivity contribution in [1.82, 2.24) is 10.2 Å². The first-order valence-electron chi connectivity index (χ1n) is 9.26. The topological polar surface area (TPSA) is 24.5 Å². The lowest BCUT2D eigenvalue weighted by Gasteiger charge is -2.32. The number of hydrogen-bond donors (Lipinski definition) is 1. The molecule has 0 aromatic rings. The van der Waals surface area contributed by atoms with Gasteiger partial charge < -0.3 is 15.0 Å². The Morgan fingerprint density at radius 1 is 1.24 bits per heavy atom. The van der Waals surface area contributed by atoms with Crippen molar-refractivity contribution in [3.05, 3.63) is 0 Å². The van der Waals surface area contributed by atoms with E-state index in [1.165, 1.54) is 51.6 Å². The SMILES string of the molecule is CCCNC(CN(C)CC1CC2CCC1C2)C1CCOC1. The second kappa shape index (κ2) is 7.43. The van der Waals surface area contributed by atoms with Gasteiger partial charge in [-0.05, 0) is 63.5 Å². The van der Waals surface area contributed by atoms with E-state index >= 15 is 0 Å². The average Bonchev–Trinajstić information content (AvgIpc) is 3.19. The zero-order valence-corrected chi connectivity index (χ0v) is 14.0. The third-order valence-corrected chi connectivity index (χ3v) is 6.13. The second-order valence-electron chi connectivity index (χ2n) is 7.84. The van der Waals surface area contributed by atoms with Gasteiger partial charge in [-0.1, -0.05) is 13.3 Å². The third-order valence-electron chi connectivity index (χ3n) is 6.13. The number of hydrogen-bond acceptors (Lipinski definition) is 3. The molecular weight excluding hydrogens is 260 g/mol. The number of rotatable bonds is 8. The van der Waals surface area contributed by atoms with E-state index in [1.54, 1.807) is 0 Å². The fraction of sp³-hybridized carbons (Fsp3) is 1.00. The summed E-state index contributed by atoms with van der Waals surface area (Å²) in [6.07, 6.45) is 8.53. The lowest BCUT2D eigenvalue weighted by molar-refractivity contribution is 0.156. The zero-order valence-electron chi connectivity index (χ0n) is 14.0. The Morgan fingerprint density at radius 2 is 2.14 bits per heavy atom. The standard InChI is InChI=1S/C18H34N2O/c1-3-7-19-18(16-6-8-21-13-16)12-20(2)11-17-10-14-4-5-15(17)9-14/h14-19H,3-13H2,1-2H3. The summed E-state index contributed by atoms with van der Waals surface area (Å²) >= 11 is 0. The van der Waals surface area contributed by atoms with E-state index < -0.39 is 0 Å². The van der Waals surface area contributed by atoms with Crippen LogP contribution in [0, 0.1) is 23.7 Å². The van der Waals surface area contributed by atoms with E-state index in [9.17, 15) is 0 Å². The summed E-state index contributed by atoms with van der Waals surface area (Å²) in [6, 6.07) is 0.621. The maximum absolute atomic E-state index is 5.61. The van der Waals surface area contributed by atoms with Crippen LogP contribution in [0.1, 0.15) is 45.4 Å². The molecule has 2 bridgehead atoms. The normalized spacial score (nSPS) is 36.7. The Hall–Kier alpha value is -0.120. The van der Waals surface area contributed by atoms with Crippen molar-refractivity contribution in [3.8, 4) is 0 Å². The van der Waals surface area contributed by atoms with Crippen LogP contribution in [-0.2, 0) is 4.74 Å². The minimum absolute atomic E-state index is 0.621. The molecule has 3 nitrogen and oxygen atoms in total. The zero-order chi connectivity index (χ0) is 14.7. The summed E-state index contributed by atoms with van der Waals surface area (Å²) in [6.45, 7) is 7.84. The molecule has 3 aliphatic rings. The predicted molar refractivity (Wildman–Crippen MR) is 87.4 cm³/mol. The Morgan fingerprint density at radius 3 is 2.76 bits per heavy atom. The largest absolute Gasteiger partial charge is 0.381 e.